The lowest BCUT2D eigenvalue weighted by Crippen LogP contribution is -2.14. The quantitative estimate of drug-likeness (QED) is 0.580. The SMILES string of the molecule is O=C(Cc1nc2ccccc2o1)Nc1cc(-c2ccc(Cl)cc2)[nH]n1. The Morgan fingerprint density at radius 2 is 1.96 bits per heavy atom. The highest BCUT2D eigenvalue weighted by Crippen LogP contribution is 2.22. The second-order valence-electron chi connectivity index (χ2n) is 5.47. The molecule has 4 rings (SSSR count). The van der Waals surface area contributed by atoms with Gasteiger partial charge >= 0.3 is 0 Å². The molecule has 0 radical (unpaired) electrons. The van der Waals surface area contributed by atoms with Gasteiger partial charge in [-0.25, -0.2) is 4.98 Å². The van der Waals surface area contributed by atoms with Gasteiger partial charge < -0.3 is 9.73 Å². The Labute approximate surface area is 147 Å². The Bertz CT molecular complexity index is 1000. The van der Waals surface area contributed by atoms with Crippen molar-refractivity contribution >= 4 is 34.4 Å². The molecule has 2 aromatic heterocycles. The fourth-order valence-electron chi connectivity index (χ4n) is 2.48. The van der Waals surface area contributed by atoms with E-state index in [1.54, 1.807) is 18.2 Å². The van der Waals surface area contributed by atoms with Crippen LogP contribution in [-0.2, 0) is 11.2 Å². The number of rotatable bonds is 4. The minimum atomic E-state index is -0.249. The molecule has 6 nitrogen and oxygen atoms in total. The maximum atomic E-state index is 12.2. The normalized spacial score (nSPS) is 10.9. The second kappa shape index (κ2) is 6.41. The maximum Gasteiger partial charge on any atom is 0.234 e. The summed E-state index contributed by atoms with van der Waals surface area (Å²) in [7, 11) is 0. The first-order chi connectivity index (χ1) is 12.2. The van der Waals surface area contributed by atoms with Crippen molar-refractivity contribution in [2.45, 2.75) is 6.42 Å². The van der Waals surface area contributed by atoms with Crippen molar-refractivity contribution in [1.82, 2.24) is 15.2 Å². The van der Waals surface area contributed by atoms with Crippen LogP contribution >= 0.6 is 11.6 Å². The van der Waals surface area contributed by atoms with Crippen LogP contribution in [0.4, 0.5) is 5.82 Å². The molecule has 1 amide bonds. The molecule has 0 fully saturated rings. The van der Waals surface area contributed by atoms with Crippen LogP contribution in [0.25, 0.3) is 22.4 Å². The van der Waals surface area contributed by atoms with Gasteiger partial charge in [0.25, 0.3) is 0 Å². The largest absolute Gasteiger partial charge is 0.440 e. The van der Waals surface area contributed by atoms with Gasteiger partial charge in [0.15, 0.2) is 11.4 Å². The lowest BCUT2D eigenvalue weighted by molar-refractivity contribution is -0.115. The minimum absolute atomic E-state index is 0.0395. The van der Waals surface area contributed by atoms with Gasteiger partial charge in [-0.1, -0.05) is 35.9 Å². The van der Waals surface area contributed by atoms with Gasteiger partial charge in [0, 0.05) is 11.1 Å². The number of fused-ring (bicyclic) bond motifs is 1. The van der Waals surface area contributed by atoms with E-state index in [1.807, 2.05) is 36.4 Å². The number of amides is 1. The number of hydrogen-bond acceptors (Lipinski definition) is 4. The number of carbonyl (C=O) groups excluding carboxylic acids is 1. The zero-order valence-electron chi connectivity index (χ0n) is 13.0. The van der Waals surface area contributed by atoms with Crippen molar-refractivity contribution in [2.24, 2.45) is 0 Å². The van der Waals surface area contributed by atoms with Crippen LogP contribution < -0.4 is 5.32 Å². The van der Waals surface area contributed by atoms with Crippen LogP contribution in [0.1, 0.15) is 5.89 Å². The van der Waals surface area contributed by atoms with Crippen molar-refractivity contribution in [3.05, 3.63) is 65.5 Å². The number of oxazole rings is 1. The van der Waals surface area contributed by atoms with Crippen molar-refractivity contribution in [3.63, 3.8) is 0 Å². The van der Waals surface area contributed by atoms with E-state index < -0.39 is 0 Å². The van der Waals surface area contributed by atoms with Gasteiger partial charge in [-0.2, -0.15) is 5.10 Å². The molecule has 0 spiro atoms. The van der Waals surface area contributed by atoms with E-state index in [0.717, 1.165) is 16.8 Å². The van der Waals surface area contributed by atoms with Crippen LogP contribution in [-0.4, -0.2) is 21.1 Å². The summed E-state index contributed by atoms with van der Waals surface area (Å²) in [5.74, 6) is 0.555. The first-order valence-electron chi connectivity index (χ1n) is 7.63. The third-order valence-electron chi connectivity index (χ3n) is 3.65. The standard InChI is InChI=1S/C18H13ClN4O2/c19-12-7-5-11(6-8-12)14-9-16(23-22-14)21-17(24)10-18-20-13-3-1-2-4-15(13)25-18/h1-9H,10H2,(H2,21,22,23,24). The van der Waals surface area contributed by atoms with E-state index in [1.165, 1.54) is 0 Å². The molecule has 25 heavy (non-hydrogen) atoms. The molecule has 0 saturated carbocycles. The van der Waals surface area contributed by atoms with E-state index in [4.69, 9.17) is 16.0 Å². The van der Waals surface area contributed by atoms with Crippen LogP contribution in [0, 0.1) is 0 Å². The minimum Gasteiger partial charge on any atom is -0.440 e. The Balaban J connectivity index is 1.45. The zero-order valence-corrected chi connectivity index (χ0v) is 13.7. The predicted octanol–water partition coefficient (Wildman–Crippen LogP) is 4.05. The summed E-state index contributed by atoms with van der Waals surface area (Å²) >= 11 is 5.88. The molecule has 0 saturated heterocycles. The number of hydrogen-bond donors (Lipinski definition) is 2. The van der Waals surface area contributed by atoms with E-state index >= 15 is 0 Å². The smallest absolute Gasteiger partial charge is 0.234 e. The predicted molar refractivity (Wildman–Crippen MR) is 95.4 cm³/mol. The number of halogens is 1. The Morgan fingerprint density at radius 1 is 1.16 bits per heavy atom. The molecular weight excluding hydrogens is 340 g/mol. The topological polar surface area (TPSA) is 83.8 Å². The molecule has 124 valence electrons. The average molecular weight is 353 g/mol. The molecule has 2 heterocycles. The molecule has 0 unspecified atom stereocenters. The summed E-state index contributed by atoms with van der Waals surface area (Å²) in [6.45, 7) is 0. The van der Waals surface area contributed by atoms with Gasteiger partial charge in [0.2, 0.25) is 11.8 Å². The molecule has 2 aromatic carbocycles. The lowest BCUT2D eigenvalue weighted by Gasteiger charge is -1.98. The number of H-pyrrole nitrogens is 1. The highest BCUT2D eigenvalue weighted by molar-refractivity contribution is 6.30. The Kier molecular flexibility index (Phi) is 3.95. The number of aromatic amines is 1. The van der Waals surface area contributed by atoms with Crippen LogP contribution in [0.3, 0.4) is 0 Å². The first kappa shape index (κ1) is 15.4. The summed E-state index contributed by atoms with van der Waals surface area (Å²) < 4.78 is 5.55. The van der Waals surface area contributed by atoms with E-state index in [9.17, 15) is 4.79 Å². The molecule has 4 aromatic rings. The van der Waals surface area contributed by atoms with Gasteiger partial charge in [0.05, 0.1) is 5.69 Å². The molecule has 0 aliphatic heterocycles. The molecule has 2 N–H and O–H groups in total. The highest BCUT2D eigenvalue weighted by Gasteiger charge is 2.12. The fraction of sp³-hybridized carbons (Fsp3) is 0.0556. The third kappa shape index (κ3) is 3.39. The van der Waals surface area contributed by atoms with E-state index in [0.29, 0.717) is 22.3 Å². The average Bonchev–Trinajstić information content (AvgIpc) is 3.21. The number of benzene rings is 2. The van der Waals surface area contributed by atoms with Gasteiger partial charge in [-0.15, -0.1) is 0 Å². The van der Waals surface area contributed by atoms with E-state index in [2.05, 4.69) is 20.5 Å². The number of carbonyl (C=O) groups is 1. The Hall–Kier alpha value is -3.12. The number of nitrogens with zero attached hydrogens (tertiary/aromatic N) is 2. The lowest BCUT2D eigenvalue weighted by atomic mass is 10.1. The maximum absolute atomic E-state index is 12.2. The van der Waals surface area contributed by atoms with Crippen molar-refractivity contribution in [3.8, 4) is 11.3 Å². The zero-order chi connectivity index (χ0) is 17.2. The summed E-state index contributed by atoms with van der Waals surface area (Å²) in [5, 5.41) is 10.4. The van der Waals surface area contributed by atoms with Crippen LogP contribution in [0.2, 0.25) is 5.02 Å². The number of para-hydroxylation sites is 2. The summed E-state index contributed by atoms with van der Waals surface area (Å²) in [6, 6.07) is 16.5. The molecule has 0 bridgehead atoms. The van der Waals surface area contributed by atoms with Crippen molar-refractivity contribution in [1.29, 1.82) is 0 Å². The van der Waals surface area contributed by atoms with Gasteiger partial charge in [-0.3, -0.25) is 9.89 Å². The highest BCUT2D eigenvalue weighted by atomic mass is 35.5. The number of nitrogens with one attached hydrogen (secondary N) is 2. The molecule has 0 aliphatic carbocycles. The van der Waals surface area contributed by atoms with Crippen molar-refractivity contribution < 1.29 is 9.21 Å². The second-order valence-corrected chi connectivity index (χ2v) is 5.91. The summed E-state index contributed by atoms with van der Waals surface area (Å²) in [6.07, 6.45) is 0.0395. The third-order valence-corrected chi connectivity index (χ3v) is 3.90. The molecule has 7 heteroatoms. The molecule has 0 atom stereocenters. The van der Waals surface area contributed by atoms with Crippen LogP contribution in [0.15, 0.2) is 59.0 Å². The summed E-state index contributed by atoms with van der Waals surface area (Å²) in [4.78, 5) is 16.5. The number of anilines is 1. The van der Waals surface area contributed by atoms with E-state index in [-0.39, 0.29) is 12.3 Å². The fourth-order valence-corrected chi connectivity index (χ4v) is 2.61. The molecule has 0 aliphatic rings. The van der Waals surface area contributed by atoms with Gasteiger partial charge in [-0.05, 0) is 29.8 Å². The monoisotopic (exact) mass is 352 g/mol. The number of aromatic nitrogens is 3. The Morgan fingerprint density at radius 3 is 2.76 bits per heavy atom. The van der Waals surface area contributed by atoms with Crippen molar-refractivity contribution in [2.75, 3.05) is 5.32 Å². The van der Waals surface area contributed by atoms with Gasteiger partial charge in [0.1, 0.15) is 11.9 Å². The first-order valence-corrected chi connectivity index (χ1v) is 8.01. The summed E-state index contributed by atoms with van der Waals surface area (Å²) in [5.41, 5.74) is 3.11. The molecular formula is C18H13ClN4O2. The van der Waals surface area contributed by atoms with Crippen LogP contribution in [0.5, 0.6) is 0 Å².